The largest absolute Gasteiger partial charge is 0.325 e. The number of nitrogens with zero attached hydrogens (tertiary/aromatic N) is 3. The highest BCUT2D eigenvalue weighted by atomic mass is 32.2. The van der Waals surface area contributed by atoms with E-state index in [9.17, 15) is 4.79 Å². The molecule has 0 saturated heterocycles. The van der Waals surface area contributed by atoms with Crippen LogP contribution in [0.1, 0.15) is 24.5 Å². The molecule has 0 fully saturated rings. The van der Waals surface area contributed by atoms with Gasteiger partial charge in [-0.1, -0.05) is 23.9 Å². The van der Waals surface area contributed by atoms with E-state index in [4.69, 9.17) is 0 Å². The highest BCUT2D eigenvalue weighted by Gasteiger charge is 2.18. The lowest BCUT2D eigenvalue weighted by molar-refractivity contribution is -0.115. The van der Waals surface area contributed by atoms with E-state index in [1.807, 2.05) is 17.6 Å². The predicted octanol–water partition coefficient (Wildman–Crippen LogP) is 3.07. The van der Waals surface area contributed by atoms with Crippen molar-refractivity contribution < 1.29 is 4.79 Å². The molecule has 23 heavy (non-hydrogen) atoms. The molecular weight excluding hydrogens is 308 g/mol. The average molecular weight is 328 g/mol. The molecule has 1 aromatic carbocycles. The van der Waals surface area contributed by atoms with Crippen LogP contribution < -0.4 is 5.32 Å². The molecule has 1 amide bonds. The number of anilines is 1. The van der Waals surface area contributed by atoms with Gasteiger partial charge in [0.2, 0.25) is 5.91 Å². The number of aromatic nitrogens is 3. The van der Waals surface area contributed by atoms with Gasteiger partial charge in [0, 0.05) is 12.2 Å². The van der Waals surface area contributed by atoms with Crippen LogP contribution in [0.15, 0.2) is 42.3 Å². The SMILES string of the molecule is C=CCn1cnnc1S[C@H](C)C(=O)Nc1ccc2c(c1)CCC2. The second-order valence-corrected chi connectivity index (χ2v) is 6.95. The third-order valence-electron chi connectivity index (χ3n) is 3.92. The van der Waals surface area contributed by atoms with E-state index in [2.05, 4.69) is 34.2 Å². The van der Waals surface area contributed by atoms with Crippen LogP contribution in [0.25, 0.3) is 0 Å². The first kappa shape index (κ1) is 15.8. The van der Waals surface area contributed by atoms with Gasteiger partial charge in [-0.25, -0.2) is 0 Å². The fourth-order valence-corrected chi connectivity index (χ4v) is 3.54. The molecule has 0 bridgehead atoms. The number of nitrogens with one attached hydrogen (secondary N) is 1. The van der Waals surface area contributed by atoms with Crippen LogP contribution in [-0.4, -0.2) is 25.9 Å². The van der Waals surface area contributed by atoms with E-state index in [1.54, 1.807) is 12.4 Å². The topological polar surface area (TPSA) is 59.8 Å². The van der Waals surface area contributed by atoms with Crippen LogP contribution in [-0.2, 0) is 24.2 Å². The molecule has 1 atom stereocenters. The zero-order chi connectivity index (χ0) is 16.2. The third-order valence-corrected chi connectivity index (χ3v) is 5.02. The summed E-state index contributed by atoms with van der Waals surface area (Å²) in [5.41, 5.74) is 3.63. The van der Waals surface area contributed by atoms with Crippen molar-refractivity contribution >= 4 is 23.4 Å². The third kappa shape index (κ3) is 3.64. The van der Waals surface area contributed by atoms with Crippen molar-refractivity contribution in [2.75, 3.05) is 5.32 Å². The molecule has 1 aromatic heterocycles. The lowest BCUT2D eigenvalue weighted by atomic mass is 10.1. The number of hydrogen-bond donors (Lipinski definition) is 1. The second-order valence-electron chi connectivity index (χ2n) is 5.64. The maximum Gasteiger partial charge on any atom is 0.237 e. The Kier molecular flexibility index (Phi) is 4.81. The van der Waals surface area contributed by atoms with Gasteiger partial charge in [-0.15, -0.1) is 16.8 Å². The number of carbonyl (C=O) groups excluding carboxylic acids is 1. The van der Waals surface area contributed by atoms with Crippen molar-refractivity contribution in [2.24, 2.45) is 0 Å². The van der Waals surface area contributed by atoms with Crippen LogP contribution in [0.2, 0.25) is 0 Å². The zero-order valence-corrected chi connectivity index (χ0v) is 14.0. The van der Waals surface area contributed by atoms with Gasteiger partial charge in [0.1, 0.15) is 6.33 Å². The van der Waals surface area contributed by atoms with E-state index in [1.165, 1.54) is 29.3 Å². The number of amides is 1. The van der Waals surface area contributed by atoms with Crippen LogP contribution in [0.4, 0.5) is 5.69 Å². The lowest BCUT2D eigenvalue weighted by Crippen LogP contribution is -2.23. The molecule has 1 N–H and O–H groups in total. The average Bonchev–Trinajstić information content (AvgIpc) is 3.16. The van der Waals surface area contributed by atoms with E-state index in [-0.39, 0.29) is 11.2 Å². The predicted molar refractivity (Wildman–Crippen MR) is 92.6 cm³/mol. The Hall–Kier alpha value is -2.08. The molecular formula is C17H20N4OS. The zero-order valence-electron chi connectivity index (χ0n) is 13.2. The molecule has 0 aliphatic heterocycles. The molecule has 3 rings (SSSR count). The number of carbonyl (C=O) groups is 1. The van der Waals surface area contributed by atoms with Gasteiger partial charge in [0.15, 0.2) is 5.16 Å². The molecule has 0 spiro atoms. The molecule has 6 heteroatoms. The molecule has 1 aliphatic rings. The Balaban J connectivity index is 1.63. The van der Waals surface area contributed by atoms with E-state index in [0.29, 0.717) is 6.54 Å². The highest BCUT2D eigenvalue weighted by Crippen LogP contribution is 2.26. The number of allylic oxidation sites excluding steroid dienone is 1. The number of rotatable bonds is 6. The summed E-state index contributed by atoms with van der Waals surface area (Å²) in [5.74, 6) is -0.0268. The summed E-state index contributed by atoms with van der Waals surface area (Å²) in [7, 11) is 0. The Bertz CT molecular complexity index is 725. The highest BCUT2D eigenvalue weighted by molar-refractivity contribution is 8.00. The summed E-state index contributed by atoms with van der Waals surface area (Å²) >= 11 is 1.40. The standard InChI is InChI=1S/C17H20N4OS/c1-3-9-21-11-18-20-17(21)23-12(2)16(22)19-15-8-7-13-5-4-6-14(13)10-15/h3,7-8,10-12H,1,4-6,9H2,2H3,(H,19,22)/t12-/m1/s1. The van der Waals surface area contributed by atoms with Crippen LogP contribution in [0, 0.1) is 0 Å². The Morgan fingerprint density at radius 2 is 2.30 bits per heavy atom. The summed E-state index contributed by atoms with van der Waals surface area (Å²) in [4.78, 5) is 12.4. The molecule has 1 heterocycles. The Morgan fingerprint density at radius 3 is 3.13 bits per heavy atom. The lowest BCUT2D eigenvalue weighted by Gasteiger charge is -2.12. The van der Waals surface area contributed by atoms with E-state index in [0.717, 1.165) is 23.7 Å². The molecule has 5 nitrogen and oxygen atoms in total. The molecule has 0 radical (unpaired) electrons. The minimum Gasteiger partial charge on any atom is -0.325 e. The number of aryl methyl sites for hydroxylation is 2. The first-order valence-electron chi connectivity index (χ1n) is 7.75. The van der Waals surface area contributed by atoms with Gasteiger partial charge in [0.25, 0.3) is 0 Å². The molecule has 2 aromatic rings. The fraction of sp³-hybridized carbons (Fsp3) is 0.353. The van der Waals surface area contributed by atoms with Crippen molar-refractivity contribution in [2.45, 2.75) is 43.1 Å². The minimum absolute atomic E-state index is 0.0268. The smallest absolute Gasteiger partial charge is 0.237 e. The van der Waals surface area contributed by atoms with Crippen molar-refractivity contribution in [3.05, 3.63) is 48.3 Å². The molecule has 120 valence electrons. The number of hydrogen-bond acceptors (Lipinski definition) is 4. The first-order valence-corrected chi connectivity index (χ1v) is 8.63. The number of thioether (sulfide) groups is 1. The van der Waals surface area contributed by atoms with Crippen LogP contribution in [0.5, 0.6) is 0 Å². The van der Waals surface area contributed by atoms with Gasteiger partial charge in [0.05, 0.1) is 5.25 Å². The van der Waals surface area contributed by atoms with Gasteiger partial charge >= 0.3 is 0 Å². The summed E-state index contributed by atoms with van der Waals surface area (Å²) in [5, 5.41) is 11.4. The number of fused-ring (bicyclic) bond motifs is 1. The second kappa shape index (κ2) is 7.00. The Labute approximate surface area is 140 Å². The van der Waals surface area contributed by atoms with Crippen LogP contribution in [0.3, 0.4) is 0 Å². The molecule has 0 unspecified atom stereocenters. The van der Waals surface area contributed by atoms with Gasteiger partial charge in [-0.05, 0) is 49.4 Å². The van der Waals surface area contributed by atoms with Crippen molar-refractivity contribution in [3.8, 4) is 0 Å². The minimum atomic E-state index is -0.254. The summed E-state index contributed by atoms with van der Waals surface area (Å²) in [6.07, 6.45) is 6.89. The van der Waals surface area contributed by atoms with Gasteiger partial charge < -0.3 is 9.88 Å². The summed E-state index contributed by atoms with van der Waals surface area (Å²) in [6, 6.07) is 6.20. The van der Waals surface area contributed by atoms with Crippen molar-refractivity contribution in [1.29, 1.82) is 0 Å². The summed E-state index contributed by atoms with van der Waals surface area (Å²) in [6.45, 7) is 6.22. The quantitative estimate of drug-likeness (QED) is 0.654. The molecule has 0 saturated carbocycles. The van der Waals surface area contributed by atoms with E-state index < -0.39 is 0 Å². The number of benzene rings is 1. The monoisotopic (exact) mass is 328 g/mol. The summed E-state index contributed by atoms with van der Waals surface area (Å²) < 4.78 is 1.87. The first-order chi connectivity index (χ1) is 11.2. The van der Waals surface area contributed by atoms with Crippen molar-refractivity contribution in [1.82, 2.24) is 14.8 Å². The van der Waals surface area contributed by atoms with Gasteiger partial charge in [-0.3, -0.25) is 4.79 Å². The maximum atomic E-state index is 12.4. The molecule has 1 aliphatic carbocycles. The maximum absolute atomic E-state index is 12.4. The van der Waals surface area contributed by atoms with Crippen molar-refractivity contribution in [3.63, 3.8) is 0 Å². The Morgan fingerprint density at radius 1 is 1.48 bits per heavy atom. The van der Waals surface area contributed by atoms with Crippen LogP contribution >= 0.6 is 11.8 Å². The van der Waals surface area contributed by atoms with Gasteiger partial charge in [-0.2, -0.15) is 0 Å². The fourth-order valence-electron chi connectivity index (χ4n) is 2.71. The normalized spacial score (nSPS) is 14.3. The van der Waals surface area contributed by atoms with E-state index >= 15 is 0 Å².